The number of carbonyl (C=O) groups is 2. The molecule has 0 radical (unpaired) electrons. The van der Waals surface area contributed by atoms with Gasteiger partial charge in [-0.05, 0) is 12.8 Å². The molecule has 0 aliphatic carbocycles. The molecule has 0 saturated carbocycles. The van der Waals surface area contributed by atoms with Gasteiger partial charge in [0.2, 0.25) is 0 Å². The average molecular weight is 400 g/mol. The maximum atomic E-state index is 10.4. The van der Waals surface area contributed by atoms with E-state index in [1.54, 1.807) is 0 Å². The van der Waals surface area contributed by atoms with E-state index >= 15 is 0 Å². The summed E-state index contributed by atoms with van der Waals surface area (Å²) in [5.41, 5.74) is 0. The quantitative estimate of drug-likeness (QED) is 0.688. The molecule has 0 aromatic rings. The van der Waals surface area contributed by atoms with Crippen LogP contribution in [-0.4, -0.2) is 44.6 Å². The Balaban J connectivity index is 0. The first-order valence-electron chi connectivity index (χ1n) is 4.66. The van der Waals surface area contributed by atoms with Crippen molar-refractivity contribution in [2.45, 2.75) is 39.5 Å². The zero-order chi connectivity index (χ0) is 11.6. The molecule has 0 aliphatic rings. The molecule has 2 N–H and O–H groups in total. The van der Waals surface area contributed by atoms with Crippen molar-refractivity contribution in [3.8, 4) is 0 Å². The molecule has 4 nitrogen and oxygen atoms in total. The van der Waals surface area contributed by atoms with Gasteiger partial charge < -0.3 is 5.11 Å². The maximum absolute atomic E-state index is 10.4. The molecule has 0 saturated heterocycles. The van der Waals surface area contributed by atoms with Crippen molar-refractivity contribution in [3.63, 3.8) is 0 Å². The van der Waals surface area contributed by atoms with Gasteiger partial charge in [-0.25, -0.2) is 0 Å². The van der Waals surface area contributed by atoms with Crippen LogP contribution in [0.3, 0.4) is 0 Å². The number of hydrogen-bond donors (Lipinski definition) is 2. The molecular formula is C9H19BiO4. The van der Waals surface area contributed by atoms with Crippen molar-refractivity contribution in [2.24, 2.45) is 5.92 Å². The van der Waals surface area contributed by atoms with Gasteiger partial charge in [0.25, 0.3) is 0 Å². The number of carboxylic acids is 1. The Kier molecular flexibility index (Phi) is 12.7. The van der Waals surface area contributed by atoms with Gasteiger partial charge in [-0.15, -0.1) is 0 Å². The Bertz CT molecular complexity index is 166. The van der Waals surface area contributed by atoms with Crippen molar-refractivity contribution >= 4 is 34.4 Å². The number of unbranched alkanes of at least 4 members (excludes halogenated alkanes) is 1. The summed E-state index contributed by atoms with van der Waals surface area (Å²) in [7, 11) is 0. The standard InChI is InChI=1S/C8H16O2.CHO2.Bi.2H/c1-3-5-6-7(4-2)8(9)10;2-1-3;;;/h7H,3-6H2,1-2H3,(H,9,10);(H,2,3);;;. The summed E-state index contributed by atoms with van der Waals surface area (Å²) in [6.07, 6.45) is 3.71. The van der Waals surface area contributed by atoms with E-state index in [0.29, 0.717) is 0 Å². The second-order valence-electron chi connectivity index (χ2n) is 2.92. The van der Waals surface area contributed by atoms with Crippen molar-refractivity contribution in [3.05, 3.63) is 0 Å². The van der Waals surface area contributed by atoms with Crippen LogP contribution in [0.5, 0.6) is 0 Å². The summed E-state index contributed by atoms with van der Waals surface area (Å²) >= 11 is 0.102. The Hall–Kier alpha value is -0.177. The summed E-state index contributed by atoms with van der Waals surface area (Å²) in [6.45, 7) is 4.00. The summed E-state index contributed by atoms with van der Waals surface area (Å²) in [4.78, 5) is 19.5. The number of aliphatic carboxylic acids is 1. The summed E-state index contributed by atoms with van der Waals surface area (Å²) < 4.78 is -0.667. The summed E-state index contributed by atoms with van der Waals surface area (Å²) in [6, 6.07) is 0. The predicted octanol–water partition coefficient (Wildman–Crippen LogP) is 1.58. The molecular weight excluding hydrogens is 381 g/mol. The fourth-order valence-electron chi connectivity index (χ4n) is 0.953. The van der Waals surface area contributed by atoms with E-state index in [1.165, 1.54) is 0 Å². The molecule has 1 atom stereocenters. The topological polar surface area (TPSA) is 74.6 Å². The van der Waals surface area contributed by atoms with Gasteiger partial charge in [0.15, 0.2) is 0 Å². The second-order valence-corrected chi connectivity index (χ2v) is 4.84. The van der Waals surface area contributed by atoms with Gasteiger partial charge in [0.05, 0.1) is 5.92 Å². The van der Waals surface area contributed by atoms with Crippen LogP contribution in [0.1, 0.15) is 39.5 Å². The predicted molar refractivity (Wildman–Crippen MR) is 57.5 cm³/mol. The van der Waals surface area contributed by atoms with E-state index in [2.05, 4.69) is 6.92 Å². The molecule has 0 heterocycles. The van der Waals surface area contributed by atoms with Crippen LogP contribution in [0.25, 0.3) is 0 Å². The normalized spacial score (nSPS) is 11.1. The Morgan fingerprint density at radius 3 is 1.93 bits per heavy atom. The van der Waals surface area contributed by atoms with E-state index in [0.717, 1.165) is 25.7 Å². The van der Waals surface area contributed by atoms with Crippen molar-refractivity contribution in [2.75, 3.05) is 0 Å². The molecule has 0 aromatic heterocycles. The van der Waals surface area contributed by atoms with Crippen LogP contribution in [0.4, 0.5) is 4.79 Å². The van der Waals surface area contributed by atoms with Crippen LogP contribution in [-0.2, 0) is 4.79 Å². The zero-order valence-corrected chi connectivity index (χ0v) is 13.2. The van der Waals surface area contributed by atoms with E-state index in [4.69, 9.17) is 15.0 Å². The van der Waals surface area contributed by atoms with Crippen LogP contribution >= 0.6 is 0 Å². The minimum atomic E-state index is -0.667. The zero-order valence-electron chi connectivity index (χ0n) is 8.69. The molecule has 0 bridgehead atoms. The van der Waals surface area contributed by atoms with Crippen molar-refractivity contribution in [1.82, 2.24) is 0 Å². The molecule has 0 rings (SSSR count). The molecule has 0 aromatic carbocycles. The van der Waals surface area contributed by atoms with Crippen LogP contribution < -0.4 is 0 Å². The van der Waals surface area contributed by atoms with Gasteiger partial charge in [0.1, 0.15) is 0 Å². The first-order chi connectivity index (χ1) is 6.45. The first kappa shape index (κ1) is 16.3. The summed E-state index contributed by atoms with van der Waals surface area (Å²) in [5.74, 6) is -0.754. The molecule has 1 unspecified atom stereocenters. The van der Waals surface area contributed by atoms with Crippen LogP contribution in [0.2, 0.25) is 0 Å². The van der Waals surface area contributed by atoms with Gasteiger partial charge in [0, 0.05) is 0 Å². The number of hydrogen-bond acceptors (Lipinski definition) is 2. The fourth-order valence-corrected chi connectivity index (χ4v) is 0.953. The third-order valence-electron chi connectivity index (χ3n) is 1.75. The molecule has 5 heteroatoms. The SMILES string of the molecule is CCCCC(CC)C(=O)O.O=[C](O)[BiH2]. The molecule has 0 amide bonds. The van der Waals surface area contributed by atoms with E-state index in [-0.39, 0.29) is 30.6 Å². The summed E-state index contributed by atoms with van der Waals surface area (Å²) in [5, 5.41) is 16.1. The number of rotatable bonds is 5. The second kappa shape index (κ2) is 10.9. The Morgan fingerprint density at radius 1 is 1.29 bits per heavy atom. The molecule has 0 aliphatic heterocycles. The van der Waals surface area contributed by atoms with Gasteiger partial charge in [-0.3, -0.25) is 4.79 Å². The molecule has 84 valence electrons. The van der Waals surface area contributed by atoms with Gasteiger partial charge in [-0.2, -0.15) is 0 Å². The van der Waals surface area contributed by atoms with Crippen LogP contribution in [0.15, 0.2) is 0 Å². The van der Waals surface area contributed by atoms with Gasteiger partial charge in [-0.1, -0.05) is 26.7 Å². The third-order valence-corrected chi connectivity index (χ3v) is 1.75. The monoisotopic (exact) mass is 400 g/mol. The molecule has 14 heavy (non-hydrogen) atoms. The first-order valence-corrected chi connectivity index (χ1v) is 6.91. The molecule has 0 spiro atoms. The van der Waals surface area contributed by atoms with Gasteiger partial charge >= 0.3 is 44.3 Å². The fraction of sp³-hybridized carbons (Fsp3) is 0.778. The Labute approximate surface area is 99.5 Å². The minimum absolute atomic E-state index is 0.102. The van der Waals surface area contributed by atoms with Crippen molar-refractivity contribution in [1.29, 1.82) is 0 Å². The van der Waals surface area contributed by atoms with E-state index in [9.17, 15) is 4.79 Å². The third kappa shape index (κ3) is 14.4. The average Bonchev–Trinajstić information content (AvgIpc) is 2.04. The Morgan fingerprint density at radius 2 is 1.71 bits per heavy atom. The van der Waals surface area contributed by atoms with E-state index in [1.807, 2.05) is 6.92 Å². The number of carboxylic acid groups (broad SMARTS) is 2. The van der Waals surface area contributed by atoms with Crippen LogP contribution in [0, 0.1) is 5.92 Å². The van der Waals surface area contributed by atoms with Crippen molar-refractivity contribution < 1.29 is 19.8 Å². The van der Waals surface area contributed by atoms with E-state index < -0.39 is 9.65 Å². The molecule has 0 fully saturated rings.